The van der Waals surface area contributed by atoms with E-state index in [1.807, 2.05) is 22.6 Å². The van der Waals surface area contributed by atoms with Gasteiger partial charge in [-0.25, -0.2) is 18.1 Å². The van der Waals surface area contributed by atoms with E-state index in [4.69, 9.17) is 0 Å². The van der Waals surface area contributed by atoms with Crippen LogP contribution >= 0.6 is 22.6 Å². The number of hydrogen-bond acceptors (Lipinski definition) is 4. The topological polar surface area (TPSA) is 64.8 Å². The minimum atomic E-state index is -2.83. The smallest absolute Gasteiger partial charge is 0.211 e. The average molecular weight is 313 g/mol. The summed E-state index contributed by atoms with van der Waals surface area (Å²) >= 11 is 2.00. The molecule has 0 amide bonds. The van der Waals surface area contributed by atoms with Crippen molar-refractivity contribution in [2.75, 3.05) is 11.5 Å². The zero-order valence-corrected chi connectivity index (χ0v) is 9.69. The van der Waals surface area contributed by atoms with Crippen molar-refractivity contribution in [2.24, 2.45) is 0 Å². The Morgan fingerprint density at radius 3 is 2.85 bits per heavy atom. The Bertz CT molecular complexity index is 413. The molecular formula is C6H8IN3O2S. The SMILES string of the molecule is O=S1(=O)CC[C@H](n2cnc(I)n2)C1. The molecule has 7 heteroatoms. The third-order valence-corrected chi connectivity index (χ3v) is 4.31. The van der Waals surface area contributed by atoms with Gasteiger partial charge >= 0.3 is 0 Å². The van der Waals surface area contributed by atoms with E-state index in [1.165, 1.54) is 0 Å². The number of aromatic nitrogens is 3. The van der Waals surface area contributed by atoms with Gasteiger partial charge in [-0.1, -0.05) is 0 Å². The predicted molar refractivity (Wildman–Crippen MR) is 55.0 cm³/mol. The van der Waals surface area contributed by atoms with E-state index >= 15 is 0 Å². The molecule has 0 aliphatic carbocycles. The third-order valence-electron chi connectivity index (χ3n) is 2.06. The van der Waals surface area contributed by atoms with Gasteiger partial charge in [0.1, 0.15) is 6.33 Å². The Kier molecular flexibility index (Phi) is 2.30. The molecule has 1 aliphatic heterocycles. The molecule has 0 bridgehead atoms. The van der Waals surface area contributed by atoms with Gasteiger partial charge in [0.05, 0.1) is 17.5 Å². The van der Waals surface area contributed by atoms with Crippen LogP contribution in [0.15, 0.2) is 6.33 Å². The van der Waals surface area contributed by atoms with Crippen LogP contribution < -0.4 is 0 Å². The summed E-state index contributed by atoms with van der Waals surface area (Å²) in [6, 6.07) is -0.0129. The van der Waals surface area contributed by atoms with E-state index in [-0.39, 0.29) is 17.5 Å². The maximum absolute atomic E-state index is 11.2. The van der Waals surface area contributed by atoms with Crippen molar-refractivity contribution in [3.8, 4) is 0 Å². The highest BCUT2D eigenvalue weighted by Gasteiger charge is 2.29. The van der Waals surface area contributed by atoms with Gasteiger partial charge in [-0.05, 0) is 6.42 Å². The Balaban J connectivity index is 2.21. The lowest BCUT2D eigenvalue weighted by molar-refractivity contribution is 0.496. The molecule has 0 saturated carbocycles. The number of halogens is 1. The molecule has 1 saturated heterocycles. The van der Waals surface area contributed by atoms with E-state index in [0.717, 1.165) is 0 Å². The molecule has 2 heterocycles. The van der Waals surface area contributed by atoms with Gasteiger partial charge in [0.2, 0.25) is 3.83 Å². The van der Waals surface area contributed by atoms with E-state index in [2.05, 4.69) is 10.1 Å². The van der Waals surface area contributed by atoms with Crippen LogP contribution in [0.25, 0.3) is 0 Å². The van der Waals surface area contributed by atoms with Crippen molar-refractivity contribution >= 4 is 32.4 Å². The summed E-state index contributed by atoms with van der Waals surface area (Å²) in [6.07, 6.45) is 2.25. The van der Waals surface area contributed by atoms with Crippen molar-refractivity contribution in [1.29, 1.82) is 0 Å². The second-order valence-corrected chi connectivity index (χ2v) is 6.24. The lowest BCUT2D eigenvalue weighted by atomic mass is 10.3. The highest BCUT2D eigenvalue weighted by atomic mass is 127. The Morgan fingerprint density at radius 1 is 1.62 bits per heavy atom. The van der Waals surface area contributed by atoms with Gasteiger partial charge in [-0.3, -0.25) is 0 Å². The molecule has 1 fully saturated rings. The summed E-state index contributed by atoms with van der Waals surface area (Å²) in [5, 5.41) is 4.09. The summed E-state index contributed by atoms with van der Waals surface area (Å²) in [7, 11) is -2.83. The molecule has 5 nitrogen and oxygen atoms in total. The van der Waals surface area contributed by atoms with Gasteiger partial charge in [0.15, 0.2) is 9.84 Å². The molecule has 1 atom stereocenters. The first kappa shape index (κ1) is 9.38. The molecule has 13 heavy (non-hydrogen) atoms. The molecule has 1 aromatic rings. The van der Waals surface area contributed by atoms with E-state index < -0.39 is 9.84 Å². The zero-order valence-electron chi connectivity index (χ0n) is 6.72. The van der Waals surface area contributed by atoms with Crippen molar-refractivity contribution in [3.05, 3.63) is 10.2 Å². The Labute approximate surface area is 89.6 Å². The van der Waals surface area contributed by atoms with Crippen LogP contribution in [0.4, 0.5) is 0 Å². The Morgan fingerprint density at radius 2 is 2.38 bits per heavy atom. The molecule has 0 radical (unpaired) electrons. The van der Waals surface area contributed by atoms with Crippen LogP contribution in [-0.2, 0) is 9.84 Å². The highest BCUT2D eigenvalue weighted by Crippen LogP contribution is 2.22. The fraction of sp³-hybridized carbons (Fsp3) is 0.667. The van der Waals surface area contributed by atoms with E-state index in [1.54, 1.807) is 11.0 Å². The van der Waals surface area contributed by atoms with Crippen LogP contribution in [0.1, 0.15) is 12.5 Å². The molecular weight excluding hydrogens is 305 g/mol. The maximum atomic E-state index is 11.2. The standard InChI is InChI=1S/C6H8IN3O2S/c7-6-8-4-10(9-6)5-1-2-13(11,12)3-5/h4-5H,1-3H2/t5-/m0/s1. The van der Waals surface area contributed by atoms with Gasteiger partial charge in [0, 0.05) is 22.6 Å². The fourth-order valence-corrected chi connectivity index (χ4v) is 3.49. The van der Waals surface area contributed by atoms with Crippen LogP contribution in [0.5, 0.6) is 0 Å². The minimum Gasteiger partial charge on any atom is -0.248 e. The second-order valence-electron chi connectivity index (χ2n) is 3.05. The van der Waals surface area contributed by atoms with Crippen LogP contribution in [0, 0.1) is 3.83 Å². The number of nitrogens with zero attached hydrogens (tertiary/aromatic N) is 3. The first-order valence-corrected chi connectivity index (χ1v) is 6.74. The first-order valence-electron chi connectivity index (χ1n) is 3.84. The van der Waals surface area contributed by atoms with Crippen molar-refractivity contribution in [1.82, 2.24) is 14.8 Å². The third kappa shape index (κ3) is 2.01. The lowest BCUT2D eigenvalue weighted by Crippen LogP contribution is -2.11. The van der Waals surface area contributed by atoms with Gasteiger partial charge < -0.3 is 0 Å². The molecule has 0 unspecified atom stereocenters. The summed E-state index contributed by atoms with van der Waals surface area (Å²) in [5.74, 6) is 0.473. The number of sulfone groups is 1. The van der Waals surface area contributed by atoms with E-state index in [9.17, 15) is 8.42 Å². The predicted octanol–water partition coefficient (Wildman–Crippen LogP) is 0.242. The molecule has 2 rings (SSSR count). The number of rotatable bonds is 1. The maximum Gasteiger partial charge on any atom is 0.211 e. The van der Waals surface area contributed by atoms with Gasteiger partial charge in [0.25, 0.3) is 0 Å². The zero-order chi connectivity index (χ0) is 9.47. The molecule has 0 N–H and O–H groups in total. The average Bonchev–Trinajstić information content (AvgIpc) is 2.56. The summed E-state index contributed by atoms with van der Waals surface area (Å²) < 4.78 is 24.6. The van der Waals surface area contributed by atoms with Crippen molar-refractivity contribution in [2.45, 2.75) is 12.5 Å². The van der Waals surface area contributed by atoms with Crippen molar-refractivity contribution < 1.29 is 8.42 Å². The second kappa shape index (κ2) is 3.19. The quantitative estimate of drug-likeness (QED) is 0.697. The van der Waals surface area contributed by atoms with Crippen LogP contribution in [0.2, 0.25) is 0 Å². The normalized spacial score (nSPS) is 26.4. The highest BCUT2D eigenvalue weighted by molar-refractivity contribution is 14.1. The number of hydrogen-bond donors (Lipinski definition) is 0. The molecule has 1 aromatic heterocycles. The summed E-state index contributed by atoms with van der Waals surface area (Å²) in [4.78, 5) is 3.95. The summed E-state index contributed by atoms with van der Waals surface area (Å²) in [6.45, 7) is 0. The monoisotopic (exact) mass is 313 g/mol. The Hall–Kier alpha value is -0.180. The van der Waals surface area contributed by atoms with E-state index in [0.29, 0.717) is 10.3 Å². The summed E-state index contributed by atoms with van der Waals surface area (Å²) in [5.41, 5.74) is 0. The largest absolute Gasteiger partial charge is 0.248 e. The van der Waals surface area contributed by atoms with Crippen molar-refractivity contribution in [3.63, 3.8) is 0 Å². The molecule has 0 spiro atoms. The van der Waals surface area contributed by atoms with Crippen LogP contribution in [0.3, 0.4) is 0 Å². The molecule has 72 valence electrons. The first-order chi connectivity index (χ1) is 6.07. The fourth-order valence-electron chi connectivity index (χ4n) is 1.41. The molecule has 1 aliphatic rings. The van der Waals surface area contributed by atoms with Gasteiger partial charge in [-0.15, -0.1) is 5.10 Å². The van der Waals surface area contributed by atoms with Gasteiger partial charge in [-0.2, -0.15) is 0 Å². The minimum absolute atomic E-state index is 0.0129. The lowest BCUT2D eigenvalue weighted by Gasteiger charge is -2.05. The van der Waals surface area contributed by atoms with Crippen LogP contribution in [-0.4, -0.2) is 34.7 Å². The molecule has 0 aromatic carbocycles.